The lowest BCUT2D eigenvalue weighted by molar-refractivity contribution is -0.122. The zero-order valence-corrected chi connectivity index (χ0v) is 19.3. The minimum Gasteiger partial charge on any atom is -0.484 e. The Morgan fingerprint density at radius 1 is 1.03 bits per heavy atom. The molecule has 30 heavy (non-hydrogen) atoms. The van der Waals surface area contributed by atoms with E-state index in [2.05, 4.69) is 20.9 Å². The van der Waals surface area contributed by atoms with E-state index >= 15 is 0 Å². The topological polar surface area (TPSA) is 74.8 Å². The summed E-state index contributed by atoms with van der Waals surface area (Å²) in [7, 11) is 0. The van der Waals surface area contributed by atoms with E-state index in [1.165, 1.54) is 0 Å². The van der Waals surface area contributed by atoms with E-state index < -0.39 is 11.6 Å². The summed E-state index contributed by atoms with van der Waals surface area (Å²) in [4.78, 5) is 16.0. The SMILES string of the molecule is CCNC(=O)COc1cccc(CN=C(NCC)NCc2cc(F)ccc2F)c1.I. The fourth-order valence-corrected chi connectivity index (χ4v) is 2.50. The standard InChI is InChI=1S/C21H26F2N4O2.HI/c1-3-24-20(28)14-29-18-7-5-6-15(10-18)12-26-21(25-4-2)27-13-16-11-17(22)8-9-19(16)23;/h5-11H,3-4,12-14H2,1-2H3,(H,24,28)(H2,25,26,27);1H. The molecule has 2 rings (SSSR count). The van der Waals surface area contributed by atoms with Crippen molar-refractivity contribution in [2.24, 2.45) is 4.99 Å². The number of carbonyl (C=O) groups excluding carboxylic acids is 1. The first-order valence-electron chi connectivity index (χ1n) is 9.46. The highest BCUT2D eigenvalue weighted by Gasteiger charge is 2.06. The molecule has 0 radical (unpaired) electrons. The van der Waals surface area contributed by atoms with Crippen LogP contribution >= 0.6 is 24.0 Å². The summed E-state index contributed by atoms with van der Waals surface area (Å²) in [5.41, 5.74) is 1.10. The second-order valence-corrected chi connectivity index (χ2v) is 6.17. The van der Waals surface area contributed by atoms with Crippen LogP contribution in [0.4, 0.5) is 8.78 Å². The molecule has 0 aliphatic rings. The average molecular weight is 532 g/mol. The Labute approximate surface area is 192 Å². The molecule has 0 spiro atoms. The van der Waals surface area contributed by atoms with Crippen LogP contribution < -0.4 is 20.7 Å². The number of hydrogen-bond donors (Lipinski definition) is 3. The molecule has 6 nitrogen and oxygen atoms in total. The number of nitrogens with zero attached hydrogens (tertiary/aromatic N) is 1. The van der Waals surface area contributed by atoms with Crippen LogP contribution in [0, 0.1) is 11.6 Å². The molecule has 2 aromatic rings. The van der Waals surface area contributed by atoms with Gasteiger partial charge in [0.05, 0.1) is 6.54 Å². The van der Waals surface area contributed by atoms with E-state index in [-0.39, 0.29) is 48.6 Å². The van der Waals surface area contributed by atoms with Gasteiger partial charge in [0.25, 0.3) is 5.91 Å². The molecule has 0 saturated carbocycles. The number of guanidine groups is 1. The van der Waals surface area contributed by atoms with Gasteiger partial charge in [0.2, 0.25) is 0 Å². The van der Waals surface area contributed by atoms with Gasteiger partial charge in [-0.3, -0.25) is 4.79 Å². The summed E-state index contributed by atoms with van der Waals surface area (Å²) in [6.07, 6.45) is 0. The van der Waals surface area contributed by atoms with Crippen molar-refractivity contribution in [1.29, 1.82) is 0 Å². The zero-order chi connectivity index (χ0) is 21.1. The van der Waals surface area contributed by atoms with Gasteiger partial charge in [0.1, 0.15) is 17.4 Å². The van der Waals surface area contributed by atoms with Gasteiger partial charge < -0.3 is 20.7 Å². The molecule has 164 valence electrons. The molecule has 1 amide bonds. The molecule has 0 aromatic heterocycles. The van der Waals surface area contributed by atoms with Gasteiger partial charge in [0.15, 0.2) is 12.6 Å². The molecule has 9 heteroatoms. The van der Waals surface area contributed by atoms with Crippen molar-refractivity contribution in [2.45, 2.75) is 26.9 Å². The number of likely N-dealkylation sites (N-methyl/N-ethyl adjacent to an activating group) is 1. The highest BCUT2D eigenvalue weighted by Crippen LogP contribution is 2.14. The number of aliphatic imine (C=N–C) groups is 1. The van der Waals surface area contributed by atoms with E-state index in [0.717, 1.165) is 23.8 Å². The van der Waals surface area contributed by atoms with Gasteiger partial charge in [-0.2, -0.15) is 0 Å². The van der Waals surface area contributed by atoms with Gasteiger partial charge >= 0.3 is 0 Å². The van der Waals surface area contributed by atoms with Crippen LogP contribution in [0.1, 0.15) is 25.0 Å². The number of carbonyl (C=O) groups is 1. The van der Waals surface area contributed by atoms with Gasteiger partial charge in [-0.25, -0.2) is 13.8 Å². The maximum Gasteiger partial charge on any atom is 0.257 e. The van der Waals surface area contributed by atoms with Crippen LogP contribution in [0.15, 0.2) is 47.5 Å². The lowest BCUT2D eigenvalue weighted by atomic mass is 10.2. The van der Waals surface area contributed by atoms with Gasteiger partial charge in [0, 0.05) is 25.2 Å². The first-order chi connectivity index (χ1) is 14.0. The highest BCUT2D eigenvalue weighted by atomic mass is 127. The van der Waals surface area contributed by atoms with Crippen molar-refractivity contribution in [2.75, 3.05) is 19.7 Å². The zero-order valence-electron chi connectivity index (χ0n) is 17.0. The Hall–Kier alpha value is -2.43. The van der Waals surface area contributed by atoms with Crippen molar-refractivity contribution in [3.05, 3.63) is 65.2 Å². The Kier molecular flexibility index (Phi) is 11.7. The van der Waals surface area contributed by atoms with E-state index in [4.69, 9.17) is 4.74 Å². The summed E-state index contributed by atoms with van der Waals surface area (Å²) in [6, 6.07) is 10.6. The number of ether oxygens (including phenoxy) is 1. The number of amides is 1. The second-order valence-electron chi connectivity index (χ2n) is 6.17. The number of benzene rings is 2. The lowest BCUT2D eigenvalue weighted by Gasteiger charge is -2.12. The summed E-state index contributed by atoms with van der Waals surface area (Å²) < 4.78 is 32.6. The Morgan fingerprint density at radius 2 is 1.80 bits per heavy atom. The van der Waals surface area contributed by atoms with Crippen LogP contribution in [0.3, 0.4) is 0 Å². The van der Waals surface area contributed by atoms with Crippen LogP contribution in [-0.4, -0.2) is 31.6 Å². The molecule has 0 atom stereocenters. The fourth-order valence-electron chi connectivity index (χ4n) is 2.50. The lowest BCUT2D eigenvalue weighted by Crippen LogP contribution is -2.37. The van der Waals surface area contributed by atoms with E-state index in [9.17, 15) is 13.6 Å². The largest absolute Gasteiger partial charge is 0.484 e. The van der Waals surface area contributed by atoms with E-state index in [0.29, 0.717) is 31.3 Å². The highest BCUT2D eigenvalue weighted by molar-refractivity contribution is 14.0. The molecule has 0 heterocycles. The van der Waals surface area contributed by atoms with Gasteiger partial charge in [-0.05, 0) is 49.7 Å². The Morgan fingerprint density at radius 3 is 2.53 bits per heavy atom. The molecule has 2 aromatic carbocycles. The third kappa shape index (κ3) is 8.93. The van der Waals surface area contributed by atoms with Gasteiger partial charge in [-0.15, -0.1) is 24.0 Å². The predicted molar refractivity (Wildman–Crippen MR) is 124 cm³/mol. The normalized spacial score (nSPS) is 10.7. The van der Waals surface area contributed by atoms with Crippen molar-refractivity contribution in [3.8, 4) is 5.75 Å². The maximum absolute atomic E-state index is 13.8. The fraction of sp³-hybridized carbons (Fsp3) is 0.333. The van der Waals surface area contributed by atoms with Crippen LogP contribution in [0.25, 0.3) is 0 Å². The third-order valence-electron chi connectivity index (χ3n) is 3.86. The average Bonchev–Trinajstić information content (AvgIpc) is 2.71. The molecular formula is C21H27F2IN4O2. The van der Waals surface area contributed by atoms with Crippen LogP contribution in [0.5, 0.6) is 5.75 Å². The summed E-state index contributed by atoms with van der Waals surface area (Å²) in [5.74, 6) is -0.103. The van der Waals surface area contributed by atoms with E-state index in [1.807, 2.05) is 26.0 Å². The minimum absolute atomic E-state index is 0. The summed E-state index contributed by atoms with van der Waals surface area (Å²) in [5, 5.41) is 8.72. The Bertz CT molecular complexity index is 850. The molecule has 0 aliphatic heterocycles. The van der Waals surface area contributed by atoms with Crippen LogP contribution in [-0.2, 0) is 17.9 Å². The summed E-state index contributed by atoms with van der Waals surface area (Å²) >= 11 is 0. The monoisotopic (exact) mass is 532 g/mol. The first kappa shape index (κ1) is 25.6. The molecule has 0 fully saturated rings. The number of rotatable bonds is 9. The van der Waals surface area contributed by atoms with Crippen molar-refractivity contribution < 1.29 is 18.3 Å². The maximum atomic E-state index is 13.8. The third-order valence-corrected chi connectivity index (χ3v) is 3.86. The Balaban J connectivity index is 0.00000450. The number of halogens is 3. The first-order valence-corrected chi connectivity index (χ1v) is 9.46. The van der Waals surface area contributed by atoms with Crippen molar-refractivity contribution >= 4 is 35.8 Å². The predicted octanol–water partition coefficient (Wildman–Crippen LogP) is 3.35. The van der Waals surface area contributed by atoms with E-state index in [1.54, 1.807) is 12.1 Å². The van der Waals surface area contributed by atoms with Crippen molar-refractivity contribution in [3.63, 3.8) is 0 Å². The molecule has 0 bridgehead atoms. The summed E-state index contributed by atoms with van der Waals surface area (Å²) in [6.45, 7) is 5.32. The number of nitrogens with one attached hydrogen (secondary N) is 3. The second kappa shape index (κ2) is 13.7. The molecule has 0 saturated heterocycles. The molecular weight excluding hydrogens is 505 g/mol. The van der Waals surface area contributed by atoms with Crippen LogP contribution in [0.2, 0.25) is 0 Å². The molecule has 0 unspecified atom stereocenters. The molecule has 0 aliphatic carbocycles. The quantitative estimate of drug-likeness (QED) is 0.263. The minimum atomic E-state index is -0.491. The number of hydrogen-bond acceptors (Lipinski definition) is 3. The molecule has 3 N–H and O–H groups in total. The smallest absolute Gasteiger partial charge is 0.257 e. The van der Waals surface area contributed by atoms with Crippen molar-refractivity contribution in [1.82, 2.24) is 16.0 Å². The van der Waals surface area contributed by atoms with Gasteiger partial charge in [-0.1, -0.05) is 12.1 Å².